The van der Waals surface area contributed by atoms with E-state index in [-0.39, 0.29) is 6.10 Å². The molecule has 2 heterocycles. The van der Waals surface area contributed by atoms with Crippen LogP contribution in [0.3, 0.4) is 0 Å². The van der Waals surface area contributed by atoms with Crippen LogP contribution in [0.5, 0.6) is 0 Å². The van der Waals surface area contributed by atoms with Gasteiger partial charge in [-0.25, -0.2) is 4.98 Å². The van der Waals surface area contributed by atoms with Gasteiger partial charge >= 0.3 is 0 Å². The van der Waals surface area contributed by atoms with Crippen LogP contribution < -0.4 is 5.32 Å². The van der Waals surface area contributed by atoms with Gasteiger partial charge < -0.3 is 19.4 Å². The van der Waals surface area contributed by atoms with Crippen LogP contribution in [-0.4, -0.2) is 42.0 Å². The number of aromatic nitrogens is 2. The molecule has 1 aromatic heterocycles. The first-order chi connectivity index (χ1) is 7.40. The third-order valence-electron chi connectivity index (χ3n) is 2.34. The fourth-order valence-electron chi connectivity index (χ4n) is 1.64. The second-order valence-corrected chi connectivity index (χ2v) is 3.50. The van der Waals surface area contributed by atoms with E-state index in [0.29, 0.717) is 19.8 Å². The summed E-state index contributed by atoms with van der Waals surface area (Å²) < 4.78 is 13.0. The quantitative estimate of drug-likeness (QED) is 0.797. The molecule has 2 rings (SSSR count). The molecule has 5 nitrogen and oxygen atoms in total. The molecular formula is C10H17N3O2. The third-order valence-corrected chi connectivity index (χ3v) is 2.34. The van der Waals surface area contributed by atoms with E-state index in [1.54, 1.807) is 6.20 Å². The minimum atomic E-state index is 0.144. The molecule has 0 amide bonds. The van der Waals surface area contributed by atoms with Crippen LogP contribution in [0.4, 0.5) is 5.95 Å². The number of hydrogen-bond acceptors (Lipinski definition) is 4. The zero-order chi connectivity index (χ0) is 10.5. The van der Waals surface area contributed by atoms with Crippen molar-refractivity contribution in [2.75, 3.05) is 31.7 Å². The van der Waals surface area contributed by atoms with E-state index in [4.69, 9.17) is 9.47 Å². The summed E-state index contributed by atoms with van der Waals surface area (Å²) in [6.45, 7) is 5.79. The lowest BCUT2D eigenvalue weighted by molar-refractivity contribution is -0.0934. The Balaban J connectivity index is 1.93. The number of imidazole rings is 1. The van der Waals surface area contributed by atoms with Gasteiger partial charge in [-0.05, 0) is 6.92 Å². The highest BCUT2D eigenvalue weighted by molar-refractivity contribution is 5.25. The molecule has 1 aliphatic heterocycles. The molecular weight excluding hydrogens is 194 g/mol. The fourth-order valence-corrected chi connectivity index (χ4v) is 1.64. The minimum Gasteiger partial charge on any atom is -0.376 e. The molecule has 5 heteroatoms. The molecule has 84 valence electrons. The second kappa shape index (κ2) is 5.14. The van der Waals surface area contributed by atoms with Crippen molar-refractivity contribution in [3.8, 4) is 0 Å². The highest BCUT2D eigenvalue weighted by atomic mass is 16.6. The summed E-state index contributed by atoms with van der Waals surface area (Å²) in [6.07, 6.45) is 3.89. The normalized spacial score (nSPS) is 21.5. The van der Waals surface area contributed by atoms with Gasteiger partial charge in [-0.2, -0.15) is 0 Å². The summed E-state index contributed by atoms with van der Waals surface area (Å²) in [7, 11) is 0. The van der Waals surface area contributed by atoms with Crippen LogP contribution in [0.15, 0.2) is 12.4 Å². The maximum Gasteiger partial charge on any atom is 0.202 e. The van der Waals surface area contributed by atoms with Crippen molar-refractivity contribution < 1.29 is 9.47 Å². The van der Waals surface area contributed by atoms with Crippen molar-refractivity contribution in [2.24, 2.45) is 0 Å². The Labute approximate surface area is 89.4 Å². The van der Waals surface area contributed by atoms with Gasteiger partial charge in [-0.15, -0.1) is 0 Å². The summed E-state index contributed by atoms with van der Waals surface area (Å²) >= 11 is 0. The van der Waals surface area contributed by atoms with Gasteiger partial charge in [0.15, 0.2) is 0 Å². The van der Waals surface area contributed by atoms with Crippen molar-refractivity contribution in [1.29, 1.82) is 0 Å². The predicted octanol–water partition coefficient (Wildman–Crippen LogP) is 0.730. The van der Waals surface area contributed by atoms with Crippen LogP contribution in [0.1, 0.15) is 6.92 Å². The van der Waals surface area contributed by atoms with Gasteiger partial charge in [-0.3, -0.25) is 0 Å². The molecule has 1 aliphatic rings. The average molecular weight is 211 g/mol. The molecule has 0 saturated carbocycles. The van der Waals surface area contributed by atoms with Crippen LogP contribution in [0.25, 0.3) is 0 Å². The Bertz CT molecular complexity index is 295. The largest absolute Gasteiger partial charge is 0.376 e. The van der Waals surface area contributed by atoms with E-state index < -0.39 is 0 Å². The number of rotatable bonds is 4. The molecule has 1 saturated heterocycles. The Morgan fingerprint density at radius 3 is 3.27 bits per heavy atom. The van der Waals surface area contributed by atoms with Crippen LogP contribution >= 0.6 is 0 Å². The number of ether oxygens (including phenoxy) is 2. The lowest BCUT2D eigenvalue weighted by Crippen LogP contribution is -2.32. The highest BCUT2D eigenvalue weighted by Gasteiger charge is 2.15. The molecule has 1 atom stereocenters. The number of anilines is 1. The molecule has 1 fully saturated rings. The number of nitrogens with zero attached hydrogens (tertiary/aromatic N) is 2. The van der Waals surface area contributed by atoms with E-state index in [2.05, 4.69) is 21.8 Å². The number of hydrogen-bond donors (Lipinski definition) is 1. The van der Waals surface area contributed by atoms with Gasteiger partial charge in [-0.1, -0.05) is 0 Å². The summed E-state index contributed by atoms with van der Waals surface area (Å²) in [5.74, 6) is 0.895. The molecule has 0 aliphatic carbocycles. The van der Waals surface area contributed by atoms with E-state index in [9.17, 15) is 0 Å². The molecule has 0 radical (unpaired) electrons. The zero-order valence-electron chi connectivity index (χ0n) is 8.98. The van der Waals surface area contributed by atoms with Crippen molar-refractivity contribution in [3.05, 3.63) is 12.4 Å². The standard InChI is InChI=1S/C10H17N3O2/c1-2-11-10-12-3-4-13(10)7-9-8-14-5-6-15-9/h3-4,9H,2,5-8H2,1H3,(H,11,12). The Morgan fingerprint density at radius 2 is 2.53 bits per heavy atom. The Morgan fingerprint density at radius 1 is 1.60 bits per heavy atom. The Kier molecular flexibility index (Phi) is 3.58. The van der Waals surface area contributed by atoms with E-state index >= 15 is 0 Å². The zero-order valence-corrected chi connectivity index (χ0v) is 8.98. The van der Waals surface area contributed by atoms with Crippen molar-refractivity contribution in [3.63, 3.8) is 0 Å². The monoisotopic (exact) mass is 211 g/mol. The average Bonchev–Trinajstić information content (AvgIpc) is 2.68. The first-order valence-electron chi connectivity index (χ1n) is 5.34. The molecule has 1 aromatic rings. The summed E-state index contributed by atoms with van der Waals surface area (Å²) in [6, 6.07) is 0. The molecule has 0 bridgehead atoms. The minimum absolute atomic E-state index is 0.144. The molecule has 1 N–H and O–H groups in total. The second-order valence-electron chi connectivity index (χ2n) is 3.50. The van der Waals surface area contributed by atoms with Crippen molar-refractivity contribution >= 4 is 5.95 Å². The Hall–Kier alpha value is -1.07. The molecule has 15 heavy (non-hydrogen) atoms. The number of nitrogens with one attached hydrogen (secondary N) is 1. The van der Waals surface area contributed by atoms with Gasteiger partial charge in [0.25, 0.3) is 0 Å². The van der Waals surface area contributed by atoms with Gasteiger partial charge in [0.1, 0.15) is 0 Å². The lowest BCUT2D eigenvalue weighted by Gasteiger charge is -2.23. The van der Waals surface area contributed by atoms with Gasteiger partial charge in [0, 0.05) is 18.9 Å². The van der Waals surface area contributed by atoms with E-state index in [1.807, 2.05) is 6.20 Å². The molecule has 0 spiro atoms. The van der Waals surface area contributed by atoms with E-state index in [1.165, 1.54) is 0 Å². The summed E-state index contributed by atoms with van der Waals surface area (Å²) in [4.78, 5) is 4.23. The van der Waals surface area contributed by atoms with Crippen LogP contribution in [-0.2, 0) is 16.0 Å². The van der Waals surface area contributed by atoms with Gasteiger partial charge in [0.2, 0.25) is 5.95 Å². The smallest absolute Gasteiger partial charge is 0.202 e. The summed E-state index contributed by atoms with van der Waals surface area (Å²) in [5.41, 5.74) is 0. The first-order valence-corrected chi connectivity index (χ1v) is 5.34. The van der Waals surface area contributed by atoms with Crippen LogP contribution in [0.2, 0.25) is 0 Å². The summed E-state index contributed by atoms with van der Waals surface area (Å²) in [5, 5.41) is 3.20. The lowest BCUT2D eigenvalue weighted by atomic mass is 10.3. The molecule has 1 unspecified atom stereocenters. The predicted molar refractivity (Wildman–Crippen MR) is 56.9 cm³/mol. The topological polar surface area (TPSA) is 48.3 Å². The van der Waals surface area contributed by atoms with Crippen molar-refractivity contribution in [2.45, 2.75) is 19.6 Å². The molecule has 0 aromatic carbocycles. The van der Waals surface area contributed by atoms with E-state index in [0.717, 1.165) is 19.0 Å². The fraction of sp³-hybridized carbons (Fsp3) is 0.700. The third kappa shape index (κ3) is 2.70. The first kappa shape index (κ1) is 10.4. The highest BCUT2D eigenvalue weighted by Crippen LogP contribution is 2.09. The maximum absolute atomic E-state index is 5.58. The van der Waals surface area contributed by atoms with Crippen molar-refractivity contribution in [1.82, 2.24) is 9.55 Å². The van der Waals surface area contributed by atoms with Gasteiger partial charge in [0.05, 0.1) is 32.5 Å². The SMILES string of the molecule is CCNc1nccn1CC1COCCO1. The van der Waals surface area contributed by atoms with Crippen LogP contribution in [0, 0.1) is 0 Å². The maximum atomic E-state index is 5.58.